The van der Waals surface area contributed by atoms with Crippen LogP contribution in [0.25, 0.3) is 10.9 Å². The number of anilines is 2. The smallest absolute Gasteiger partial charge is 0.123 e. The van der Waals surface area contributed by atoms with Crippen molar-refractivity contribution >= 4 is 22.4 Å². The summed E-state index contributed by atoms with van der Waals surface area (Å²) in [6, 6.07) is 17.3. The molecule has 0 bridgehead atoms. The molecular formula is C18H18FN3. The van der Waals surface area contributed by atoms with Crippen molar-refractivity contribution in [2.75, 3.05) is 36.0 Å². The van der Waals surface area contributed by atoms with Crippen molar-refractivity contribution in [3.63, 3.8) is 0 Å². The fourth-order valence-electron chi connectivity index (χ4n) is 3.09. The maximum Gasteiger partial charge on any atom is 0.123 e. The number of piperazine rings is 1. The molecule has 0 aliphatic carbocycles. The van der Waals surface area contributed by atoms with Crippen LogP contribution in [0.5, 0.6) is 0 Å². The lowest BCUT2D eigenvalue weighted by atomic mass is 10.2. The molecule has 2 aromatic carbocycles. The maximum absolute atomic E-state index is 13.0. The molecule has 2 heterocycles. The minimum absolute atomic E-state index is 0.180. The van der Waals surface area contributed by atoms with Gasteiger partial charge < -0.3 is 14.8 Å². The maximum atomic E-state index is 13.0. The van der Waals surface area contributed by atoms with E-state index < -0.39 is 0 Å². The van der Waals surface area contributed by atoms with Crippen LogP contribution in [0.2, 0.25) is 0 Å². The molecule has 3 nitrogen and oxygen atoms in total. The fourth-order valence-corrected chi connectivity index (χ4v) is 3.09. The van der Waals surface area contributed by atoms with E-state index in [0.717, 1.165) is 31.9 Å². The molecular weight excluding hydrogens is 277 g/mol. The number of fused-ring (bicyclic) bond motifs is 1. The molecule has 4 heteroatoms. The van der Waals surface area contributed by atoms with Gasteiger partial charge in [-0.25, -0.2) is 4.39 Å². The highest BCUT2D eigenvalue weighted by atomic mass is 19.1. The molecule has 0 amide bonds. The second-order valence-electron chi connectivity index (χ2n) is 5.69. The number of nitrogens with zero attached hydrogens (tertiary/aromatic N) is 2. The van der Waals surface area contributed by atoms with Crippen LogP contribution in [0.15, 0.2) is 54.6 Å². The molecule has 0 atom stereocenters. The van der Waals surface area contributed by atoms with E-state index in [4.69, 9.17) is 0 Å². The van der Waals surface area contributed by atoms with Gasteiger partial charge in [-0.05, 0) is 36.4 Å². The molecule has 0 spiro atoms. The van der Waals surface area contributed by atoms with E-state index >= 15 is 0 Å². The van der Waals surface area contributed by atoms with Crippen molar-refractivity contribution in [3.05, 3.63) is 60.4 Å². The third-order valence-electron chi connectivity index (χ3n) is 4.33. The first kappa shape index (κ1) is 13.2. The topological polar surface area (TPSA) is 22.3 Å². The quantitative estimate of drug-likeness (QED) is 0.780. The zero-order chi connectivity index (χ0) is 14.9. The SMILES string of the molecule is Fc1ccc(N2CCN(c3cc4ccccc4[nH]3)CC2)cc1. The highest BCUT2D eigenvalue weighted by Gasteiger charge is 2.18. The van der Waals surface area contributed by atoms with Crippen LogP contribution in [0.4, 0.5) is 15.9 Å². The van der Waals surface area contributed by atoms with Crippen LogP contribution >= 0.6 is 0 Å². The second kappa shape index (κ2) is 5.37. The molecule has 3 aromatic rings. The van der Waals surface area contributed by atoms with E-state index in [-0.39, 0.29) is 5.82 Å². The van der Waals surface area contributed by atoms with Crippen LogP contribution in [-0.2, 0) is 0 Å². The number of benzene rings is 2. The molecule has 1 aliphatic rings. The third-order valence-corrected chi connectivity index (χ3v) is 4.33. The summed E-state index contributed by atoms with van der Waals surface area (Å²) >= 11 is 0. The molecule has 1 aromatic heterocycles. The Morgan fingerprint density at radius 3 is 2.23 bits per heavy atom. The lowest BCUT2D eigenvalue weighted by Gasteiger charge is -2.36. The van der Waals surface area contributed by atoms with Gasteiger partial charge in [0, 0.05) is 42.8 Å². The van der Waals surface area contributed by atoms with E-state index in [1.807, 2.05) is 12.1 Å². The van der Waals surface area contributed by atoms with Gasteiger partial charge in [0.2, 0.25) is 0 Å². The van der Waals surface area contributed by atoms with Gasteiger partial charge in [-0.1, -0.05) is 18.2 Å². The average Bonchev–Trinajstić information content (AvgIpc) is 3.00. The number of aromatic nitrogens is 1. The summed E-state index contributed by atoms with van der Waals surface area (Å²) in [4.78, 5) is 8.16. The van der Waals surface area contributed by atoms with Crippen molar-refractivity contribution in [1.29, 1.82) is 0 Å². The highest BCUT2D eigenvalue weighted by molar-refractivity contribution is 5.84. The Morgan fingerprint density at radius 1 is 0.818 bits per heavy atom. The number of H-pyrrole nitrogens is 1. The number of hydrogen-bond acceptors (Lipinski definition) is 2. The number of para-hydroxylation sites is 1. The first-order valence-corrected chi connectivity index (χ1v) is 7.63. The summed E-state index contributed by atoms with van der Waals surface area (Å²) < 4.78 is 13.0. The Labute approximate surface area is 129 Å². The van der Waals surface area contributed by atoms with E-state index in [1.54, 1.807) is 0 Å². The molecule has 0 unspecified atom stereocenters. The molecule has 1 aliphatic heterocycles. The molecule has 1 N–H and O–H groups in total. The van der Waals surface area contributed by atoms with Gasteiger partial charge in [-0.2, -0.15) is 0 Å². The van der Waals surface area contributed by atoms with Crippen LogP contribution in [0.3, 0.4) is 0 Å². The third kappa shape index (κ3) is 2.41. The average molecular weight is 295 g/mol. The second-order valence-corrected chi connectivity index (χ2v) is 5.69. The summed E-state index contributed by atoms with van der Waals surface area (Å²) in [5.74, 6) is 1.00. The zero-order valence-electron chi connectivity index (χ0n) is 12.3. The molecule has 0 radical (unpaired) electrons. The van der Waals surface area contributed by atoms with Crippen molar-refractivity contribution in [2.45, 2.75) is 0 Å². The highest BCUT2D eigenvalue weighted by Crippen LogP contribution is 2.24. The number of hydrogen-bond donors (Lipinski definition) is 1. The zero-order valence-corrected chi connectivity index (χ0v) is 12.3. The predicted octanol–water partition coefficient (Wildman–Crippen LogP) is 3.63. The molecule has 1 saturated heterocycles. The molecule has 4 rings (SSSR count). The molecule has 22 heavy (non-hydrogen) atoms. The lowest BCUT2D eigenvalue weighted by Crippen LogP contribution is -2.46. The van der Waals surface area contributed by atoms with Gasteiger partial charge in [-0.15, -0.1) is 0 Å². The van der Waals surface area contributed by atoms with Crippen LogP contribution < -0.4 is 9.80 Å². The summed E-state index contributed by atoms with van der Waals surface area (Å²) in [7, 11) is 0. The van der Waals surface area contributed by atoms with Crippen molar-refractivity contribution in [1.82, 2.24) is 4.98 Å². The Bertz CT molecular complexity index is 737. The minimum Gasteiger partial charge on any atom is -0.368 e. The van der Waals surface area contributed by atoms with Crippen molar-refractivity contribution in [3.8, 4) is 0 Å². The van der Waals surface area contributed by atoms with Crippen molar-refractivity contribution in [2.24, 2.45) is 0 Å². The summed E-state index contributed by atoms with van der Waals surface area (Å²) in [5, 5.41) is 1.25. The number of halogens is 1. The normalized spacial score (nSPS) is 15.5. The standard InChI is InChI=1S/C18H18FN3/c19-15-5-7-16(8-6-15)21-9-11-22(12-10-21)18-13-14-3-1-2-4-17(14)20-18/h1-8,13,20H,9-12H2. The van der Waals surface area contributed by atoms with Gasteiger partial charge in [0.05, 0.1) is 0 Å². The Morgan fingerprint density at radius 2 is 1.50 bits per heavy atom. The largest absolute Gasteiger partial charge is 0.368 e. The van der Waals surface area contributed by atoms with Gasteiger partial charge in [-0.3, -0.25) is 0 Å². The van der Waals surface area contributed by atoms with Crippen LogP contribution in [-0.4, -0.2) is 31.2 Å². The van der Waals surface area contributed by atoms with E-state index in [0.29, 0.717) is 0 Å². The van der Waals surface area contributed by atoms with E-state index in [9.17, 15) is 4.39 Å². The summed E-state index contributed by atoms with van der Waals surface area (Å²) in [6.45, 7) is 3.82. The van der Waals surface area contributed by atoms with E-state index in [1.165, 1.54) is 28.9 Å². The van der Waals surface area contributed by atoms with E-state index in [2.05, 4.69) is 45.1 Å². The van der Waals surface area contributed by atoms with Crippen LogP contribution in [0.1, 0.15) is 0 Å². The predicted molar refractivity (Wildman–Crippen MR) is 89.1 cm³/mol. The van der Waals surface area contributed by atoms with Gasteiger partial charge >= 0.3 is 0 Å². The molecule has 0 saturated carbocycles. The number of aromatic amines is 1. The van der Waals surface area contributed by atoms with Crippen LogP contribution in [0, 0.1) is 5.82 Å². The van der Waals surface area contributed by atoms with Gasteiger partial charge in [0.15, 0.2) is 0 Å². The van der Waals surface area contributed by atoms with Crippen molar-refractivity contribution < 1.29 is 4.39 Å². The minimum atomic E-state index is -0.180. The monoisotopic (exact) mass is 295 g/mol. The Balaban J connectivity index is 1.48. The summed E-state index contributed by atoms with van der Waals surface area (Å²) in [5.41, 5.74) is 2.27. The first-order valence-electron chi connectivity index (χ1n) is 7.63. The summed E-state index contributed by atoms with van der Waals surface area (Å²) in [6.07, 6.45) is 0. The number of rotatable bonds is 2. The first-order chi connectivity index (χ1) is 10.8. The fraction of sp³-hybridized carbons (Fsp3) is 0.222. The van der Waals surface area contributed by atoms with Gasteiger partial charge in [0.25, 0.3) is 0 Å². The molecule has 1 fully saturated rings. The lowest BCUT2D eigenvalue weighted by molar-refractivity contribution is 0.624. The number of nitrogens with one attached hydrogen (secondary N) is 1. The Kier molecular flexibility index (Phi) is 3.22. The van der Waals surface area contributed by atoms with Gasteiger partial charge in [0.1, 0.15) is 11.6 Å². The molecule has 112 valence electrons. The Hall–Kier alpha value is -2.49.